The largest absolute Gasteiger partial charge is 0.497 e. The van der Waals surface area contributed by atoms with E-state index in [4.69, 9.17) is 4.74 Å². The number of methoxy groups -OCH3 is 1. The summed E-state index contributed by atoms with van der Waals surface area (Å²) in [5.41, 5.74) is 4.77. The van der Waals surface area contributed by atoms with Crippen LogP contribution < -0.4 is 15.0 Å². The first-order valence-electron chi connectivity index (χ1n) is 15.6. The fraction of sp³-hybridized carbons (Fsp3) is 0.389. The Morgan fingerprint density at radius 3 is 2.36 bits per heavy atom. The molecule has 9 heteroatoms. The average Bonchev–Trinajstić information content (AvgIpc) is 3.47. The van der Waals surface area contributed by atoms with Crippen molar-refractivity contribution in [2.45, 2.75) is 76.4 Å². The Balaban J connectivity index is 1.41. The number of carbonyl (C=O) groups is 2. The van der Waals surface area contributed by atoms with Gasteiger partial charge in [-0.15, -0.1) is 10.2 Å². The van der Waals surface area contributed by atoms with Gasteiger partial charge in [-0.2, -0.15) is 0 Å². The Morgan fingerprint density at radius 1 is 0.978 bits per heavy atom. The molecule has 1 N–H and O–H groups in total. The zero-order valence-electron chi connectivity index (χ0n) is 26.9. The van der Waals surface area contributed by atoms with Crippen LogP contribution in [0.5, 0.6) is 5.75 Å². The molecule has 0 aliphatic heterocycles. The monoisotopic (exact) mass is 625 g/mol. The van der Waals surface area contributed by atoms with Crippen LogP contribution in [0.25, 0.3) is 17.1 Å². The summed E-state index contributed by atoms with van der Waals surface area (Å²) in [6, 6.07) is 23.9. The van der Waals surface area contributed by atoms with Gasteiger partial charge in [-0.3, -0.25) is 14.2 Å². The van der Waals surface area contributed by atoms with E-state index in [1.54, 1.807) is 12.0 Å². The lowest BCUT2D eigenvalue weighted by Crippen LogP contribution is -2.45. The Labute approximate surface area is 270 Å². The molecule has 0 bridgehead atoms. The molecule has 8 nitrogen and oxygen atoms in total. The molecule has 45 heavy (non-hydrogen) atoms. The predicted molar refractivity (Wildman–Crippen MR) is 181 cm³/mol. The molecule has 236 valence electrons. The van der Waals surface area contributed by atoms with Crippen molar-refractivity contribution < 1.29 is 14.3 Å². The van der Waals surface area contributed by atoms with Gasteiger partial charge in [0.15, 0.2) is 11.0 Å². The van der Waals surface area contributed by atoms with E-state index in [2.05, 4.69) is 60.6 Å². The van der Waals surface area contributed by atoms with E-state index in [-0.39, 0.29) is 35.6 Å². The zero-order valence-corrected chi connectivity index (χ0v) is 27.7. The molecule has 1 aliphatic carbocycles. The number of hydrogen-bond donors (Lipinski definition) is 1. The molecule has 0 atom stereocenters. The molecule has 1 aliphatic rings. The molecular weight excluding hydrogens is 582 g/mol. The summed E-state index contributed by atoms with van der Waals surface area (Å²) >= 11 is 1.30. The SMILES string of the molecule is COc1cccc(-n2c(SCC(=O)N(CC(=O)NC3CCCCC3)c3ccc(C)cc3)nnc2-c2ccc(C(C)(C)C)cc2)c1. The number of nitrogens with zero attached hydrogens (tertiary/aromatic N) is 4. The van der Waals surface area contributed by atoms with Crippen LogP contribution in [0.15, 0.2) is 78.0 Å². The maximum atomic E-state index is 13.8. The highest BCUT2D eigenvalue weighted by Crippen LogP contribution is 2.32. The molecule has 0 spiro atoms. The van der Waals surface area contributed by atoms with Crippen LogP contribution in [0.1, 0.15) is 64.0 Å². The fourth-order valence-corrected chi connectivity index (χ4v) is 6.40. The number of aryl methyl sites for hydroxylation is 1. The topological polar surface area (TPSA) is 89.4 Å². The van der Waals surface area contributed by atoms with Crippen molar-refractivity contribution in [3.05, 3.63) is 83.9 Å². The van der Waals surface area contributed by atoms with Crippen molar-refractivity contribution in [3.8, 4) is 22.8 Å². The van der Waals surface area contributed by atoms with Gasteiger partial charge in [-0.05, 0) is 55.0 Å². The number of hydrogen-bond acceptors (Lipinski definition) is 6. The summed E-state index contributed by atoms with van der Waals surface area (Å²) in [5.74, 6) is 1.13. The van der Waals surface area contributed by atoms with Crippen LogP contribution in [0.4, 0.5) is 5.69 Å². The van der Waals surface area contributed by atoms with E-state index >= 15 is 0 Å². The molecular formula is C36H43N5O3S. The van der Waals surface area contributed by atoms with Gasteiger partial charge < -0.3 is 15.0 Å². The van der Waals surface area contributed by atoms with E-state index < -0.39 is 0 Å². The quantitative estimate of drug-likeness (QED) is 0.189. The maximum Gasteiger partial charge on any atom is 0.240 e. The molecule has 0 unspecified atom stereocenters. The minimum atomic E-state index is -0.182. The van der Waals surface area contributed by atoms with Crippen molar-refractivity contribution in [1.29, 1.82) is 0 Å². The Bertz CT molecular complexity index is 1600. The first-order valence-corrected chi connectivity index (χ1v) is 16.6. The normalized spacial score (nSPS) is 13.8. The first kappa shape index (κ1) is 32.3. The van der Waals surface area contributed by atoms with Gasteiger partial charge in [0.2, 0.25) is 11.8 Å². The van der Waals surface area contributed by atoms with Crippen molar-refractivity contribution >= 4 is 29.3 Å². The Hall–Kier alpha value is -4.11. The molecule has 5 rings (SSSR count). The van der Waals surface area contributed by atoms with Crippen LogP contribution in [0.3, 0.4) is 0 Å². The number of aromatic nitrogens is 3. The molecule has 1 saturated carbocycles. The lowest BCUT2D eigenvalue weighted by atomic mass is 9.87. The van der Waals surface area contributed by atoms with Gasteiger partial charge in [0.25, 0.3) is 0 Å². The number of rotatable bonds is 10. The van der Waals surface area contributed by atoms with E-state index in [1.165, 1.54) is 23.7 Å². The van der Waals surface area contributed by atoms with Crippen LogP contribution in [0, 0.1) is 6.92 Å². The summed E-state index contributed by atoms with van der Waals surface area (Å²) in [5, 5.41) is 12.8. The molecule has 0 saturated heterocycles. The van der Waals surface area contributed by atoms with Gasteiger partial charge in [0.05, 0.1) is 18.6 Å². The standard InChI is InChI=1S/C36H43N5O3S/c1-25-14-20-29(21-15-25)40(23-32(42)37-28-10-7-6-8-11-28)33(43)24-45-35-39-38-34(26-16-18-27(19-17-26)36(2,3)4)41(35)30-12-9-13-31(22-30)44-5/h9,12-22,28H,6-8,10-11,23-24H2,1-5H3,(H,37,42). The number of thioether (sulfide) groups is 1. The van der Waals surface area contributed by atoms with Crippen molar-refractivity contribution in [2.24, 2.45) is 0 Å². The highest BCUT2D eigenvalue weighted by atomic mass is 32.2. The summed E-state index contributed by atoms with van der Waals surface area (Å²) in [6.45, 7) is 8.53. The lowest BCUT2D eigenvalue weighted by Gasteiger charge is -2.26. The van der Waals surface area contributed by atoms with Crippen LogP contribution in [-0.2, 0) is 15.0 Å². The third kappa shape index (κ3) is 8.14. The second-order valence-electron chi connectivity index (χ2n) is 12.7. The molecule has 2 amide bonds. The molecule has 1 fully saturated rings. The van der Waals surface area contributed by atoms with E-state index in [1.807, 2.05) is 60.0 Å². The van der Waals surface area contributed by atoms with Gasteiger partial charge in [0, 0.05) is 23.4 Å². The zero-order chi connectivity index (χ0) is 32.0. The molecule has 4 aromatic rings. The minimum Gasteiger partial charge on any atom is -0.497 e. The smallest absolute Gasteiger partial charge is 0.240 e. The summed E-state index contributed by atoms with van der Waals surface area (Å²) in [6.07, 6.45) is 5.43. The van der Waals surface area contributed by atoms with E-state index in [0.29, 0.717) is 22.4 Å². The number of amides is 2. The van der Waals surface area contributed by atoms with Crippen molar-refractivity contribution in [3.63, 3.8) is 0 Å². The van der Waals surface area contributed by atoms with Crippen molar-refractivity contribution in [2.75, 3.05) is 24.3 Å². The number of benzene rings is 3. The Kier molecular flexibility index (Phi) is 10.3. The van der Waals surface area contributed by atoms with Crippen molar-refractivity contribution in [1.82, 2.24) is 20.1 Å². The highest BCUT2D eigenvalue weighted by Gasteiger charge is 2.24. The number of nitrogens with one attached hydrogen (secondary N) is 1. The average molecular weight is 626 g/mol. The summed E-state index contributed by atoms with van der Waals surface area (Å²) < 4.78 is 7.47. The second kappa shape index (κ2) is 14.3. The number of ether oxygens (including phenoxy) is 1. The first-order chi connectivity index (χ1) is 21.6. The predicted octanol–water partition coefficient (Wildman–Crippen LogP) is 7.12. The third-order valence-electron chi connectivity index (χ3n) is 8.20. The van der Waals surface area contributed by atoms with Crippen LogP contribution >= 0.6 is 11.8 Å². The van der Waals surface area contributed by atoms with Gasteiger partial charge in [-0.25, -0.2) is 0 Å². The second-order valence-corrected chi connectivity index (χ2v) is 13.6. The molecule has 1 aromatic heterocycles. The van der Waals surface area contributed by atoms with Gasteiger partial charge in [0.1, 0.15) is 12.3 Å². The highest BCUT2D eigenvalue weighted by molar-refractivity contribution is 7.99. The fourth-order valence-electron chi connectivity index (χ4n) is 5.57. The number of anilines is 1. The summed E-state index contributed by atoms with van der Waals surface area (Å²) in [4.78, 5) is 28.5. The lowest BCUT2D eigenvalue weighted by molar-refractivity contribution is -0.123. The maximum absolute atomic E-state index is 13.8. The Morgan fingerprint density at radius 2 is 1.69 bits per heavy atom. The van der Waals surface area contributed by atoms with Gasteiger partial charge in [-0.1, -0.05) is 99.8 Å². The molecule has 0 radical (unpaired) electrons. The van der Waals surface area contributed by atoms with E-state index in [9.17, 15) is 9.59 Å². The van der Waals surface area contributed by atoms with Crippen LogP contribution in [-0.4, -0.2) is 52.0 Å². The number of carbonyl (C=O) groups excluding carboxylic acids is 2. The van der Waals surface area contributed by atoms with Crippen LogP contribution in [0.2, 0.25) is 0 Å². The van der Waals surface area contributed by atoms with E-state index in [0.717, 1.165) is 42.5 Å². The third-order valence-corrected chi connectivity index (χ3v) is 9.11. The summed E-state index contributed by atoms with van der Waals surface area (Å²) in [7, 11) is 1.63. The molecule has 3 aromatic carbocycles. The van der Waals surface area contributed by atoms with Gasteiger partial charge >= 0.3 is 0 Å². The molecule has 1 heterocycles. The minimum absolute atomic E-state index is 0.0248.